The molecule has 4 N–H and O–H groups in total. The number of aromatic nitrogens is 1. The highest BCUT2D eigenvalue weighted by Crippen LogP contribution is 2.36. The molecule has 1 aromatic heterocycles. The number of halogens is 3. The first-order valence-corrected chi connectivity index (χ1v) is 11.0. The van der Waals surface area contributed by atoms with Crippen molar-refractivity contribution in [2.75, 3.05) is 31.1 Å². The SMILES string of the molecule is NCC(=O)NCC(=O)OC[C@@H]1CN(c2ccc3cc(-c4ccccc4C(F)(F)F)[nH]c(=O)c3c2)C(=O)O1. The summed E-state index contributed by atoms with van der Waals surface area (Å²) in [5.74, 6) is -1.27. The number of ether oxygens (including phenoxy) is 2. The topological polar surface area (TPSA) is 144 Å². The number of hydrogen-bond donors (Lipinski definition) is 3. The number of nitrogens with one attached hydrogen (secondary N) is 2. The van der Waals surface area contributed by atoms with Crippen molar-refractivity contribution in [2.24, 2.45) is 5.73 Å². The van der Waals surface area contributed by atoms with E-state index < -0.39 is 41.4 Å². The van der Waals surface area contributed by atoms with Gasteiger partial charge in [-0.2, -0.15) is 13.2 Å². The quantitative estimate of drug-likeness (QED) is 0.407. The van der Waals surface area contributed by atoms with Gasteiger partial charge in [-0.3, -0.25) is 19.3 Å². The predicted molar refractivity (Wildman–Crippen MR) is 126 cm³/mol. The van der Waals surface area contributed by atoms with Gasteiger partial charge in [0.25, 0.3) is 5.56 Å². The van der Waals surface area contributed by atoms with Crippen LogP contribution in [0.2, 0.25) is 0 Å². The van der Waals surface area contributed by atoms with Gasteiger partial charge in [-0.05, 0) is 29.7 Å². The van der Waals surface area contributed by atoms with E-state index in [2.05, 4.69) is 10.3 Å². The minimum absolute atomic E-state index is 0.00305. The number of benzene rings is 2. The number of carbonyl (C=O) groups excluding carboxylic acids is 3. The molecule has 37 heavy (non-hydrogen) atoms. The normalized spacial score (nSPS) is 15.5. The molecule has 0 aliphatic carbocycles. The smallest absolute Gasteiger partial charge is 0.417 e. The second-order valence-electron chi connectivity index (χ2n) is 8.11. The molecule has 0 spiro atoms. The zero-order valence-electron chi connectivity index (χ0n) is 19.1. The maximum absolute atomic E-state index is 13.4. The molecule has 13 heteroatoms. The van der Waals surface area contributed by atoms with Crippen molar-refractivity contribution in [3.63, 3.8) is 0 Å². The van der Waals surface area contributed by atoms with Crippen LogP contribution in [0.5, 0.6) is 0 Å². The van der Waals surface area contributed by atoms with Crippen LogP contribution in [-0.4, -0.2) is 55.3 Å². The number of alkyl halides is 3. The first-order valence-electron chi connectivity index (χ1n) is 11.0. The lowest BCUT2D eigenvalue weighted by Gasteiger charge is -2.15. The lowest BCUT2D eigenvalue weighted by atomic mass is 10.0. The number of amides is 2. The van der Waals surface area contributed by atoms with E-state index in [1.54, 1.807) is 0 Å². The van der Waals surface area contributed by atoms with Crippen molar-refractivity contribution in [1.82, 2.24) is 10.3 Å². The average molecular weight is 518 g/mol. The second-order valence-corrected chi connectivity index (χ2v) is 8.11. The van der Waals surface area contributed by atoms with E-state index in [-0.39, 0.29) is 42.9 Å². The first kappa shape index (κ1) is 25.7. The molecular formula is C24H21F3N4O6. The summed E-state index contributed by atoms with van der Waals surface area (Å²) in [6.45, 7) is -0.903. The molecule has 2 aromatic carbocycles. The number of nitrogens with zero attached hydrogens (tertiary/aromatic N) is 1. The Bertz CT molecular complexity index is 1420. The van der Waals surface area contributed by atoms with Gasteiger partial charge < -0.3 is 25.5 Å². The highest BCUT2D eigenvalue weighted by molar-refractivity contribution is 5.95. The molecule has 2 amide bonds. The van der Waals surface area contributed by atoms with Gasteiger partial charge in [0.2, 0.25) is 5.91 Å². The van der Waals surface area contributed by atoms with Crippen LogP contribution in [-0.2, 0) is 25.2 Å². The molecule has 1 fully saturated rings. The Morgan fingerprint density at radius 1 is 1.16 bits per heavy atom. The van der Waals surface area contributed by atoms with Crippen molar-refractivity contribution >= 4 is 34.4 Å². The summed E-state index contributed by atoms with van der Waals surface area (Å²) in [7, 11) is 0. The van der Waals surface area contributed by atoms with Gasteiger partial charge in [-0.15, -0.1) is 0 Å². The van der Waals surface area contributed by atoms with Gasteiger partial charge in [0.05, 0.1) is 18.7 Å². The minimum atomic E-state index is -4.61. The van der Waals surface area contributed by atoms with Crippen LogP contribution in [0.3, 0.4) is 0 Å². The van der Waals surface area contributed by atoms with E-state index in [1.807, 2.05) is 0 Å². The summed E-state index contributed by atoms with van der Waals surface area (Å²) in [6, 6.07) is 10.8. The van der Waals surface area contributed by atoms with E-state index in [0.29, 0.717) is 11.1 Å². The molecule has 0 bridgehead atoms. The van der Waals surface area contributed by atoms with Crippen molar-refractivity contribution in [3.8, 4) is 11.3 Å². The maximum atomic E-state index is 13.4. The fourth-order valence-electron chi connectivity index (χ4n) is 3.83. The number of nitrogens with two attached hydrogens (primary N) is 1. The molecule has 1 aliphatic rings. The standard InChI is InChI=1S/C24H21F3N4O6/c25-24(26,27)18-4-2-1-3-16(18)19-7-13-5-6-14(8-17(13)22(34)30-19)31-11-15(37-23(31)35)12-36-21(33)10-29-20(32)9-28/h1-8,15H,9-12,28H2,(H,29,32)(H,30,34)/t15-/m0/s1. The van der Waals surface area contributed by atoms with Crippen LogP contribution in [0, 0.1) is 0 Å². The minimum Gasteiger partial charge on any atom is -0.460 e. The molecule has 10 nitrogen and oxygen atoms in total. The van der Waals surface area contributed by atoms with Crippen molar-refractivity contribution in [1.29, 1.82) is 0 Å². The molecular weight excluding hydrogens is 497 g/mol. The van der Waals surface area contributed by atoms with E-state index in [0.717, 1.165) is 6.07 Å². The lowest BCUT2D eigenvalue weighted by molar-refractivity contribution is -0.146. The Kier molecular flexibility index (Phi) is 7.16. The third kappa shape index (κ3) is 5.72. The summed E-state index contributed by atoms with van der Waals surface area (Å²) in [4.78, 5) is 51.7. The number of hydrogen-bond acceptors (Lipinski definition) is 7. The number of fused-ring (bicyclic) bond motifs is 1. The van der Waals surface area contributed by atoms with Gasteiger partial charge in [-0.1, -0.05) is 24.3 Å². The molecule has 194 valence electrons. The lowest BCUT2D eigenvalue weighted by Crippen LogP contribution is -2.36. The van der Waals surface area contributed by atoms with Gasteiger partial charge in [0.15, 0.2) is 6.10 Å². The fourth-order valence-corrected chi connectivity index (χ4v) is 3.83. The molecule has 1 aliphatic heterocycles. The Morgan fingerprint density at radius 2 is 1.92 bits per heavy atom. The highest BCUT2D eigenvalue weighted by Gasteiger charge is 2.35. The molecule has 2 heterocycles. The number of carbonyl (C=O) groups is 3. The van der Waals surface area contributed by atoms with Crippen LogP contribution in [0.15, 0.2) is 53.3 Å². The van der Waals surface area contributed by atoms with Crippen LogP contribution in [0.25, 0.3) is 22.0 Å². The van der Waals surface area contributed by atoms with Crippen molar-refractivity contribution in [3.05, 3.63) is 64.4 Å². The second kappa shape index (κ2) is 10.3. The molecule has 0 unspecified atom stereocenters. The van der Waals surface area contributed by atoms with E-state index >= 15 is 0 Å². The van der Waals surface area contributed by atoms with Crippen molar-refractivity contribution < 1.29 is 37.0 Å². The van der Waals surface area contributed by atoms with Crippen LogP contribution >= 0.6 is 0 Å². The van der Waals surface area contributed by atoms with Gasteiger partial charge >= 0.3 is 18.2 Å². The highest BCUT2D eigenvalue weighted by atomic mass is 19.4. The Labute approximate surface area is 207 Å². The van der Waals surface area contributed by atoms with Crippen molar-refractivity contribution in [2.45, 2.75) is 12.3 Å². The summed E-state index contributed by atoms with van der Waals surface area (Å²) in [5, 5.41) is 2.78. The van der Waals surface area contributed by atoms with E-state index in [1.165, 1.54) is 47.4 Å². The molecule has 1 saturated heterocycles. The Balaban J connectivity index is 1.51. The number of esters is 1. The maximum Gasteiger partial charge on any atom is 0.417 e. The van der Waals surface area contributed by atoms with Crippen LogP contribution in [0.1, 0.15) is 5.56 Å². The molecule has 0 radical (unpaired) electrons. The number of H-pyrrole nitrogens is 1. The third-order valence-electron chi connectivity index (χ3n) is 5.58. The predicted octanol–water partition coefficient (Wildman–Crippen LogP) is 2.16. The van der Waals surface area contributed by atoms with Crippen LogP contribution < -0.4 is 21.5 Å². The fraction of sp³-hybridized carbons (Fsp3) is 0.250. The largest absolute Gasteiger partial charge is 0.460 e. The Hall–Kier alpha value is -4.39. The number of anilines is 1. The Morgan fingerprint density at radius 3 is 2.65 bits per heavy atom. The number of rotatable bonds is 7. The number of cyclic esters (lactones) is 1. The molecule has 0 saturated carbocycles. The van der Waals surface area contributed by atoms with Gasteiger partial charge in [0.1, 0.15) is 13.2 Å². The first-order chi connectivity index (χ1) is 17.6. The summed E-state index contributed by atoms with van der Waals surface area (Å²) in [5.41, 5.74) is 3.77. The summed E-state index contributed by atoms with van der Waals surface area (Å²) < 4.78 is 50.5. The number of pyridine rings is 1. The molecule has 4 rings (SSSR count). The molecule has 3 aromatic rings. The van der Waals surface area contributed by atoms with E-state index in [9.17, 15) is 32.3 Å². The molecule has 1 atom stereocenters. The van der Waals surface area contributed by atoms with Gasteiger partial charge in [0, 0.05) is 22.3 Å². The monoisotopic (exact) mass is 518 g/mol. The number of aromatic amines is 1. The third-order valence-corrected chi connectivity index (χ3v) is 5.58. The van der Waals surface area contributed by atoms with E-state index in [4.69, 9.17) is 15.2 Å². The zero-order valence-corrected chi connectivity index (χ0v) is 19.1. The van der Waals surface area contributed by atoms with Gasteiger partial charge in [-0.25, -0.2) is 4.79 Å². The zero-order chi connectivity index (χ0) is 26.7. The van der Waals surface area contributed by atoms with Crippen LogP contribution in [0.4, 0.5) is 23.7 Å². The summed E-state index contributed by atoms with van der Waals surface area (Å²) >= 11 is 0. The summed E-state index contributed by atoms with van der Waals surface area (Å²) in [6.07, 6.45) is -6.13. The average Bonchev–Trinajstić information content (AvgIpc) is 3.25.